The van der Waals surface area contributed by atoms with Crippen molar-refractivity contribution in [2.75, 3.05) is 18.8 Å². The third kappa shape index (κ3) is 4.73. The van der Waals surface area contributed by atoms with Gasteiger partial charge in [0, 0.05) is 30.8 Å². The minimum atomic E-state index is -0.238. The minimum absolute atomic E-state index is 0. The lowest BCUT2D eigenvalue weighted by atomic mass is 10.1. The van der Waals surface area contributed by atoms with E-state index in [0.29, 0.717) is 24.2 Å². The SMILES string of the molecule is Cl.Nc1ccc(C(=O)NC(CN2CCCC2=O)c2ccccc2)cc1. The molecule has 3 N–H and O–H groups in total. The van der Waals surface area contributed by atoms with Crippen LogP contribution in [0.15, 0.2) is 54.6 Å². The van der Waals surface area contributed by atoms with Crippen molar-refractivity contribution in [3.63, 3.8) is 0 Å². The molecule has 25 heavy (non-hydrogen) atoms. The lowest BCUT2D eigenvalue weighted by Crippen LogP contribution is -2.38. The molecule has 1 saturated heterocycles. The van der Waals surface area contributed by atoms with Crippen LogP contribution in [-0.4, -0.2) is 29.8 Å². The average Bonchev–Trinajstić information content (AvgIpc) is 3.00. The van der Waals surface area contributed by atoms with Crippen molar-refractivity contribution in [1.29, 1.82) is 0 Å². The van der Waals surface area contributed by atoms with E-state index in [-0.39, 0.29) is 30.3 Å². The highest BCUT2D eigenvalue weighted by molar-refractivity contribution is 5.94. The molecular weight excluding hydrogens is 338 g/mol. The predicted molar refractivity (Wildman–Crippen MR) is 101 cm³/mol. The first-order valence-corrected chi connectivity index (χ1v) is 8.12. The van der Waals surface area contributed by atoms with Gasteiger partial charge in [-0.1, -0.05) is 30.3 Å². The Balaban J connectivity index is 0.00000225. The molecule has 6 heteroatoms. The average molecular weight is 360 g/mol. The van der Waals surface area contributed by atoms with Gasteiger partial charge in [-0.25, -0.2) is 0 Å². The van der Waals surface area contributed by atoms with Crippen LogP contribution in [0.2, 0.25) is 0 Å². The number of amides is 2. The summed E-state index contributed by atoms with van der Waals surface area (Å²) in [5.74, 6) is -0.0202. The summed E-state index contributed by atoms with van der Waals surface area (Å²) in [5, 5.41) is 3.04. The summed E-state index contributed by atoms with van der Waals surface area (Å²) < 4.78 is 0. The maximum atomic E-state index is 12.5. The van der Waals surface area contributed by atoms with Crippen LogP contribution in [0.3, 0.4) is 0 Å². The van der Waals surface area contributed by atoms with Crippen LogP contribution in [-0.2, 0) is 4.79 Å². The van der Waals surface area contributed by atoms with E-state index in [9.17, 15) is 9.59 Å². The van der Waals surface area contributed by atoms with Crippen LogP contribution in [0.4, 0.5) is 5.69 Å². The zero-order valence-corrected chi connectivity index (χ0v) is 14.7. The van der Waals surface area contributed by atoms with Gasteiger partial charge in [0.05, 0.1) is 6.04 Å². The monoisotopic (exact) mass is 359 g/mol. The maximum Gasteiger partial charge on any atom is 0.251 e. The van der Waals surface area contributed by atoms with Crippen LogP contribution in [0, 0.1) is 0 Å². The number of likely N-dealkylation sites (tertiary alicyclic amines) is 1. The Morgan fingerprint density at radius 2 is 1.80 bits per heavy atom. The number of nitrogens with zero attached hydrogens (tertiary/aromatic N) is 1. The van der Waals surface area contributed by atoms with E-state index < -0.39 is 0 Å². The number of rotatable bonds is 5. The van der Waals surface area contributed by atoms with Gasteiger partial charge in [0.15, 0.2) is 0 Å². The third-order valence-corrected chi connectivity index (χ3v) is 4.25. The second kappa shape index (κ2) is 8.53. The number of nitrogen functional groups attached to an aromatic ring is 1. The Morgan fingerprint density at radius 3 is 2.40 bits per heavy atom. The van der Waals surface area contributed by atoms with Crippen LogP contribution in [0.25, 0.3) is 0 Å². The number of carbonyl (C=O) groups is 2. The second-order valence-electron chi connectivity index (χ2n) is 6.00. The molecule has 1 unspecified atom stereocenters. The summed E-state index contributed by atoms with van der Waals surface area (Å²) in [6.45, 7) is 1.24. The molecule has 2 aromatic carbocycles. The van der Waals surface area contributed by atoms with Crippen molar-refractivity contribution in [1.82, 2.24) is 10.2 Å². The van der Waals surface area contributed by atoms with Gasteiger partial charge in [0.25, 0.3) is 5.91 Å². The van der Waals surface area contributed by atoms with Gasteiger partial charge in [-0.2, -0.15) is 0 Å². The summed E-state index contributed by atoms with van der Waals surface area (Å²) >= 11 is 0. The highest BCUT2D eigenvalue weighted by Crippen LogP contribution is 2.19. The topological polar surface area (TPSA) is 75.4 Å². The fourth-order valence-electron chi connectivity index (χ4n) is 2.91. The largest absolute Gasteiger partial charge is 0.399 e. The molecule has 1 heterocycles. The van der Waals surface area contributed by atoms with Crippen molar-refractivity contribution < 1.29 is 9.59 Å². The fraction of sp³-hybridized carbons (Fsp3) is 0.263. The van der Waals surface area contributed by atoms with Crippen LogP contribution in [0.5, 0.6) is 0 Å². The summed E-state index contributed by atoms with van der Waals surface area (Å²) in [4.78, 5) is 26.3. The molecule has 0 saturated carbocycles. The van der Waals surface area contributed by atoms with E-state index in [4.69, 9.17) is 5.73 Å². The van der Waals surface area contributed by atoms with Crippen molar-refractivity contribution in [2.24, 2.45) is 0 Å². The smallest absolute Gasteiger partial charge is 0.251 e. The zero-order chi connectivity index (χ0) is 16.9. The molecule has 0 radical (unpaired) electrons. The molecule has 1 aliphatic rings. The molecule has 0 aromatic heterocycles. The Hall–Kier alpha value is -2.53. The molecule has 2 amide bonds. The molecule has 3 rings (SSSR count). The van der Waals surface area contributed by atoms with Gasteiger partial charge in [-0.3, -0.25) is 9.59 Å². The fourth-order valence-corrected chi connectivity index (χ4v) is 2.91. The lowest BCUT2D eigenvalue weighted by Gasteiger charge is -2.25. The first kappa shape index (κ1) is 18.8. The zero-order valence-electron chi connectivity index (χ0n) is 13.9. The van der Waals surface area contributed by atoms with E-state index in [0.717, 1.165) is 18.5 Å². The van der Waals surface area contributed by atoms with Gasteiger partial charge in [-0.05, 0) is 36.2 Å². The van der Waals surface area contributed by atoms with Crippen molar-refractivity contribution in [3.05, 3.63) is 65.7 Å². The number of carbonyl (C=O) groups excluding carboxylic acids is 2. The summed E-state index contributed by atoms with van der Waals surface area (Å²) in [5.41, 5.74) is 7.83. The van der Waals surface area contributed by atoms with Gasteiger partial charge < -0.3 is 16.0 Å². The highest BCUT2D eigenvalue weighted by atomic mass is 35.5. The molecule has 0 bridgehead atoms. The van der Waals surface area contributed by atoms with Crippen LogP contribution >= 0.6 is 12.4 Å². The van der Waals surface area contributed by atoms with Crippen molar-refractivity contribution in [3.8, 4) is 0 Å². The van der Waals surface area contributed by atoms with Crippen LogP contribution < -0.4 is 11.1 Å². The summed E-state index contributed by atoms with van der Waals surface area (Å²) in [6.07, 6.45) is 1.47. The molecule has 1 fully saturated rings. The summed E-state index contributed by atoms with van der Waals surface area (Å²) in [7, 11) is 0. The number of hydrogen-bond donors (Lipinski definition) is 2. The molecule has 2 aromatic rings. The Bertz CT molecular complexity index is 719. The second-order valence-corrected chi connectivity index (χ2v) is 6.00. The molecule has 0 aliphatic carbocycles. The quantitative estimate of drug-likeness (QED) is 0.806. The first-order chi connectivity index (χ1) is 11.6. The molecule has 1 atom stereocenters. The van der Waals surface area contributed by atoms with Gasteiger partial charge in [0.1, 0.15) is 0 Å². The number of halogens is 1. The van der Waals surface area contributed by atoms with Crippen molar-refractivity contribution in [2.45, 2.75) is 18.9 Å². The summed E-state index contributed by atoms with van der Waals surface area (Å²) in [6, 6.07) is 16.3. The van der Waals surface area contributed by atoms with Gasteiger partial charge in [-0.15, -0.1) is 12.4 Å². The van der Waals surface area contributed by atoms with E-state index >= 15 is 0 Å². The third-order valence-electron chi connectivity index (χ3n) is 4.25. The number of anilines is 1. The van der Waals surface area contributed by atoms with Gasteiger partial charge >= 0.3 is 0 Å². The van der Waals surface area contributed by atoms with E-state index in [1.54, 1.807) is 24.3 Å². The molecule has 5 nitrogen and oxygen atoms in total. The molecule has 132 valence electrons. The van der Waals surface area contributed by atoms with E-state index in [1.807, 2.05) is 35.2 Å². The predicted octanol–water partition coefficient (Wildman–Crippen LogP) is 2.78. The number of hydrogen-bond acceptors (Lipinski definition) is 3. The highest BCUT2D eigenvalue weighted by Gasteiger charge is 2.25. The Labute approximate surface area is 153 Å². The normalized spacial score (nSPS) is 14.7. The lowest BCUT2D eigenvalue weighted by molar-refractivity contribution is -0.128. The molecular formula is C19H22ClN3O2. The maximum absolute atomic E-state index is 12.5. The standard InChI is InChI=1S/C19H21N3O2.ClH/c20-16-10-8-15(9-11-16)19(24)21-17(14-5-2-1-3-6-14)13-22-12-4-7-18(22)23;/h1-3,5-6,8-11,17H,4,7,12-13,20H2,(H,21,24);1H. The van der Waals surface area contributed by atoms with E-state index in [1.165, 1.54) is 0 Å². The molecule has 0 spiro atoms. The first-order valence-electron chi connectivity index (χ1n) is 8.12. The van der Waals surface area contributed by atoms with E-state index in [2.05, 4.69) is 5.32 Å². The van der Waals surface area contributed by atoms with Gasteiger partial charge in [0.2, 0.25) is 5.91 Å². The number of nitrogens with two attached hydrogens (primary N) is 1. The number of nitrogens with one attached hydrogen (secondary N) is 1. The Morgan fingerprint density at radius 1 is 1.12 bits per heavy atom. The Kier molecular flexibility index (Phi) is 6.42. The van der Waals surface area contributed by atoms with Crippen LogP contribution in [0.1, 0.15) is 34.8 Å². The van der Waals surface area contributed by atoms with Crippen molar-refractivity contribution >= 4 is 29.9 Å². The molecule has 1 aliphatic heterocycles. The minimum Gasteiger partial charge on any atom is -0.399 e. The number of benzene rings is 2.